The van der Waals surface area contributed by atoms with Gasteiger partial charge in [0, 0.05) is 24.2 Å². The Morgan fingerprint density at radius 2 is 0.921 bits per heavy atom. The zero-order valence-electron chi connectivity index (χ0n) is 17.0. The number of carbonyl (C=O) groups is 2. The fraction of sp³-hybridized carbons (Fsp3) is 0.857. The van der Waals surface area contributed by atoms with E-state index in [1.165, 1.54) is 0 Å². The first-order valence-electron chi connectivity index (χ1n) is 8.53. The summed E-state index contributed by atoms with van der Waals surface area (Å²) in [5.74, 6) is -53.1. The van der Waals surface area contributed by atoms with Gasteiger partial charge in [0.1, 0.15) is 5.25 Å². The Hall–Kier alpha value is -2.27. The first-order valence-corrected chi connectivity index (χ1v) is 10.0. The van der Waals surface area contributed by atoms with Crippen LogP contribution in [0.1, 0.15) is 12.8 Å². The van der Waals surface area contributed by atoms with Crippen molar-refractivity contribution in [2.45, 2.75) is 66.5 Å². The molecule has 0 radical (unpaired) electrons. The molecule has 0 bridgehead atoms. The standard InChI is InChI=1S/C14H10F16O7S/c15-5(16)11(23,24)13(27,28)9(19,20)1-8(7(33)34,3(4(31)32)38(35,36)37)2-10(21,22)14(29,30)12(25,26)6(17)18/h3,5-6H,1-2H2,(H,31,32)(H,33,34)(H,35,36,37)/p-2. The van der Waals surface area contributed by atoms with E-state index in [0.29, 0.717) is 0 Å². The lowest BCUT2D eigenvalue weighted by atomic mass is 9.71. The molecule has 1 unspecified atom stereocenters. The minimum absolute atomic E-state index is 3.98. The molecular formula is C14H8F16O7S-2. The molecule has 24 heteroatoms. The molecule has 0 saturated carbocycles. The summed E-state index contributed by atoms with van der Waals surface area (Å²) >= 11 is 0. The van der Waals surface area contributed by atoms with Gasteiger partial charge in [-0.1, -0.05) is 0 Å². The number of aliphatic carboxylic acids is 2. The smallest absolute Gasteiger partial charge is 0.377 e. The zero-order valence-corrected chi connectivity index (χ0v) is 17.8. The number of carboxylic acid groups (broad SMARTS) is 2. The molecule has 0 aliphatic rings. The highest BCUT2D eigenvalue weighted by Crippen LogP contribution is 2.58. The van der Waals surface area contributed by atoms with Gasteiger partial charge in [-0.3, -0.25) is 4.55 Å². The summed E-state index contributed by atoms with van der Waals surface area (Å²) in [5.41, 5.74) is -6.09. The summed E-state index contributed by atoms with van der Waals surface area (Å²) in [6.45, 7) is 0. The fourth-order valence-electron chi connectivity index (χ4n) is 2.91. The maximum atomic E-state index is 14.1. The Kier molecular flexibility index (Phi) is 9.44. The largest absolute Gasteiger partial charge is 0.549 e. The van der Waals surface area contributed by atoms with Gasteiger partial charge in [-0.2, -0.15) is 61.1 Å². The van der Waals surface area contributed by atoms with E-state index in [9.17, 15) is 98.5 Å². The maximum Gasteiger partial charge on any atom is 0.377 e. The number of hydrogen-bond acceptors (Lipinski definition) is 6. The SMILES string of the molecule is O=C([O-])C(C(CC(F)(F)C(F)(F)C(F)(F)C(F)F)(CC(F)(F)C(F)(F)C(F)(F)C(F)F)C(=O)[O-])S(=O)(=O)O. The Morgan fingerprint density at radius 3 is 1.08 bits per heavy atom. The molecule has 7 nitrogen and oxygen atoms in total. The van der Waals surface area contributed by atoms with Crippen molar-refractivity contribution < 1.29 is 103 Å². The van der Waals surface area contributed by atoms with Crippen LogP contribution >= 0.6 is 0 Å². The Bertz CT molecular complexity index is 964. The third-order valence-electron chi connectivity index (χ3n) is 4.80. The lowest BCUT2D eigenvalue weighted by Crippen LogP contribution is -2.68. The Balaban J connectivity index is 7.66. The average Bonchev–Trinajstić information content (AvgIpc) is 2.64. The Labute approximate surface area is 198 Å². The summed E-state index contributed by atoms with van der Waals surface area (Å²) in [6.07, 6.45) is -20.7. The molecule has 1 N–H and O–H groups in total. The normalized spacial score (nSPS) is 16.2. The first kappa shape index (κ1) is 35.7. The molecule has 38 heavy (non-hydrogen) atoms. The predicted octanol–water partition coefficient (Wildman–Crippen LogP) is 1.85. The number of rotatable bonds is 14. The van der Waals surface area contributed by atoms with E-state index in [2.05, 4.69) is 0 Å². The molecule has 0 fully saturated rings. The van der Waals surface area contributed by atoms with Crippen molar-refractivity contribution in [1.29, 1.82) is 0 Å². The molecule has 1 atom stereocenters. The summed E-state index contributed by atoms with van der Waals surface area (Å²) in [7, 11) is -7.22. The third kappa shape index (κ3) is 5.68. The van der Waals surface area contributed by atoms with Crippen LogP contribution in [-0.4, -0.2) is 78.5 Å². The quantitative estimate of drug-likeness (QED) is 0.230. The summed E-state index contributed by atoms with van der Waals surface area (Å²) in [6, 6.07) is 0. The van der Waals surface area contributed by atoms with E-state index in [1.807, 2.05) is 0 Å². The Morgan fingerprint density at radius 1 is 0.658 bits per heavy atom. The van der Waals surface area contributed by atoms with Crippen LogP contribution in [0, 0.1) is 5.41 Å². The van der Waals surface area contributed by atoms with Crippen molar-refractivity contribution in [3.63, 3.8) is 0 Å². The predicted molar refractivity (Wildman–Crippen MR) is 78.7 cm³/mol. The zero-order chi connectivity index (χ0) is 31.3. The summed E-state index contributed by atoms with van der Waals surface area (Å²) in [4.78, 5) is 22.4. The van der Waals surface area contributed by atoms with Crippen LogP contribution in [-0.2, 0) is 19.7 Å². The lowest BCUT2D eigenvalue weighted by Gasteiger charge is -2.46. The fourth-order valence-corrected chi connectivity index (χ4v) is 3.98. The van der Waals surface area contributed by atoms with Crippen molar-refractivity contribution in [3.05, 3.63) is 0 Å². The monoisotopic (exact) mass is 624 g/mol. The molecule has 0 spiro atoms. The molecule has 0 aromatic heterocycles. The third-order valence-corrected chi connectivity index (χ3v) is 6.04. The molecule has 0 aromatic carbocycles. The highest BCUT2D eigenvalue weighted by atomic mass is 32.2. The second-order valence-corrected chi connectivity index (χ2v) is 8.92. The minimum Gasteiger partial charge on any atom is -0.549 e. The van der Waals surface area contributed by atoms with Gasteiger partial charge in [0.2, 0.25) is 0 Å². The number of halogens is 16. The van der Waals surface area contributed by atoms with Crippen LogP contribution in [0.3, 0.4) is 0 Å². The van der Waals surface area contributed by atoms with Crippen LogP contribution < -0.4 is 10.2 Å². The second kappa shape index (κ2) is 10.0. The molecule has 0 amide bonds. The van der Waals surface area contributed by atoms with Gasteiger partial charge >= 0.3 is 48.4 Å². The van der Waals surface area contributed by atoms with Gasteiger partial charge in [0.15, 0.2) is 0 Å². The van der Waals surface area contributed by atoms with Crippen molar-refractivity contribution >= 4 is 22.1 Å². The van der Waals surface area contributed by atoms with Crippen LogP contribution in [0.25, 0.3) is 0 Å². The van der Waals surface area contributed by atoms with Gasteiger partial charge in [-0.15, -0.1) is 0 Å². The molecular weight excluding hydrogens is 616 g/mol. The van der Waals surface area contributed by atoms with E-state index < -0.39 is 93.9 Å². The highest BCUT2D eigenvalue weighted by Gasteiger charge is 2.80. The van der Waals surface area contributed by atoms with Gasteiger partial charge in [0.05, 0.1) is 5.97 Å². The highest BCUT2D eigenvalue weighted by molar-refractivity contribution is 7.87. The number of carbonyl (C=O) groups excluding carboxylic acids is 2. The minimum atomic E-state index is -7.71. The van der Waals surface area contributed by atoms with Gasteiger partial charge in [-0.05, 0) is 0 Å². The van der Waals surface area contributed by atoms with E-state index >= 15 is 0 Å². The molecule has 0 rings (SSSR count). The van der Waals surface area contributed by atoms with E-state index in [1.54, 1.807) is 0 Å². The molecule has 0 aliphatic heterocycles. The molecule has 0 aromatic rings. The van der Waals surface area contributed by atoms with Crippen LogP contribution in [0.4, 0.5) is 70.2 Å². The van der Waals surface area contributed by atoms with Gasteiger partial charge in [-0.25, -0.2) is 17.6 Å². The van der Waals surface area contributed by atoms with Crippen molar-refractivity contribution in [3.8, 4) is 0 Å². The van der Waals surface area contributed by atoms with Crippen LogP contribution in [0.2, 0.25) is 0 Å². The van der Waals surface area contributed by atoms with Crippen LogP contribution in [0.15, 0.2) is 0 Å². The maximum absolute atomic E-state index is 14.1. The van der Waals surface area contributed by atoms with Crippen molar-refractivity contribution in [2.75, 3.05) is 0 Å². The lowest BCUT2D eigenvalue weighted by molar-refractivity contribution is -0.368. The number of carboxylic acids is 2. The van der Waals surface area contributed by atoms with Gasteiger partial charge < -0.3 is 19.8 Å². The molecule has 0 aliphatic carbocycles. The van der Waals surface area contributed by atoms with Crippen LogP contribution in [0.5, 0.6) is 0 Å². The number of hydrogen-bond donors (Lipinski definition) is 1. The van der Waals surface area contributed by atoms with Crippen molar-refractivity contribution in [2.24, 2.45) is 5.41 Å². The van der Waals surface area contributed by atoms with E-state index in [4.69, 9.17) is 4.55 Å². The topological polar surface area (TPSA) is 135 Å². The van der Waals surface area contributed by atoms with E-state index in [0.717, 1.165) is 0 Å². The summed E-state index contributed by atoms with van der Waals surface area (Å²) < 4.78 is 243. The number of alkyl halides is 16. The molecule has 0 saturated heterocycles. The average molecular weight is 624 g/mol. The van der Waals surface area contributed by atoms with E-state index in [-0.39, 0.29) is 0 Å². The van der Waals surface area contributed by atoms with Gasteiger partial charge in [0.25, 0.3) is 10.1 Å². The van der Waals surface area contributed by atoms with Crippen molar-refractivity contribution in [1.82, 2.24) is 0 Å². The first-order chi connectivity index (χ1) is 16.3. The second-order valence-electron chi connectivity index (χ2n) is 7.42. The molecule has 0 heterocycles. The summed E-state index contributed by atoms with van der Waals surface area (Å²) in [5, 5.41) is 17.2. The molecule has 226 valence electrons.